The molecule has 2 aliphatic rings. The molecule has 8 nitrogen and oxygen atoms in total. The fourth-order valence-electron chi connectivity index (χ4n) is 5.36. The summed E-state index contributed by atoms with van der Waals surface area (Å²) in [6, 6.07) is 7.65. The number of carbonyl (C=O) groups excluding carboxylic acids is 2. The molecule has 3 heterocycles. The van der Waals surface area contributed by atoms with Gasteiger partial charge in [0.05, 0.1) is 23.4 Å². The van der Waals surface area contributed by atoms with Gasteiger partial charge in [0.1, 0.15) is 16.9 Å². The summed E-state index contributed by atoms with van der Waals surface area (Å²) in [6.07, 6.45) is 8.12. The van der Waals surface area contributed by atoms with Crippen LogP contribution in [0.5, 0.6) is 5.75 Å². The number of likely N-dealkylation sites (tertiary alicyclic amines) is 1. The Kier molecular flexibility index (Phi) is 8.30. The molecular formula is C30H35N3O5S. The summed E-state index contributed by atoms with van der Waals surface area (Å²) < 4.78 is 13.9. The number of aromatic nitrogens is 1. The molecule has 1 fully saturated rings. The third kappa shape index (κ3) is 5.44. The predicted octanol–water partition coefficient (Wildman–Crippen LogP) is 4.25. The van der Waals surface area contributed by atoms with Crippen molar-refractivity contribution in [3.05, 3.63) is 63.3 Å². The van der Waals surface area contributed by atoms with Gasteiger partial charge in [0.15, 0.2) is 11.5 Å². The Labute approximate surface area is 232 Å². The van der Waals surface area contributed by atoms with Crippen LogP contribution in [-0.2, 0) is 16.1 Å². The smallest absolute Gasteiger partial charge is 0.267 e. The number of amides is 1. The van der Waals surface area contributed by atoms with Crippen LogP contribution in [0.25, 0.3) is 21.0 Å². The number of ketones is 1. The van der Waals surface area contributed by atoms with Gasteiger partial charge in [-0.1, -0.05) is 36.4 Å². The molecule has 3 aromatic rings. The number of thiophene rings is 1. The maximum atomic E-state index is 14.1. The van der Waals surface area contributed by atoms with E-state index in [0.717, 1.165) is 31.3 Å². The van der Waals surface area contributed by atoms with Crippen molar-refractivity contribution in [2.75, 3.05) is 47.0 Å². The van der Waals surface area contributed by atoms with Crippen LogP contribution in [0, 0.1) is 0 Å². The van der Waals surface area contributed by atoms with Crippen molar-refractivity contribution in [2.24, 2.45) is 0 Å². The van der Waals surface area contributed by atoms with Crippen molar-refractivity contribution in [1.29, 1.82) is 0 Å². The van der Waals surface area contributed by atoms with Crippen molar-refractivity contribution in [1.82, 2.24) is 14.4 Å². The molecule has 1 atom stereocenters. The highest BCUT2D eigenvalue weighted by atomic mass is 32.1. The van der Waals surface area contributed by atoms with E-state index >= 15 is 0 Å². The Bertz CT molecular complexity index is 1520. The number of fused-ring (bicyclic) bond motifs is 3. The van der Waals surface area contributed by atoms with Crippen LogP contribution in [0.1, 0.15) is 35.9 Å². The molecule has 1 aliphatic carbocycles. The zero-order valence-corrected chi connectivity index (χ0v) is 23.6. The van der Waals surface area contributed by atoms with Crippen LogP contribution in [0.15, 0.2) is 52.9 Å². The highest BCUT2D eigenvalue weighted by molar-refractivity contribution is 7.22. The minimum absolute atomic E-state index is 0.0687. The number of carbonyl (C=O) groups is 2. The zero-order valence-electron chi connectivity index (χ0n) is 22.8. The lowest BCUT2D eigenvalue weighted by Crippen LogP contribution is -2.38. The molecule has 5 rings (SSSR count). The molecule has 206 valence electrons. The molecule has 1 unspecified atom stereocenters. The maximum absolute atomic E-state index is 14.1. The van der Waals surface area contributed by atoms with Gasteiger partial charge in [0, 0.05) is 31.6 Å². The van der Waals surface area contributed by atoms with Gasteiger partial charge in [-0.2, -0.15) is 0 Å². The average Bonchev–Trinajstić information content (AvgIpc) is 3.57. The number of allylic oxidation sites excluding steroid dienone is 4. The van der Waals surface area contributed by atoms with Gasteiger partial charge < -0.3 is 19.3 Å². The van der Waals surface area contributed by atoms with Gasteiger partial charge in [-0.05, 0) is 51.4 Å². The van der Waals surface area contributed by atoms with E-state index in [1.807, 2.05) is 56.5 Å². The lowest BCUT2D eigenvalue weighted by molar-refractivity contribution is -0.116. The molecule has 2 aromatic heterocycles. The Morgan fingerprint density at radius 1 is 1.21 bits per heavy atom. The molecule has 0 N–H and O–H groups in total. The Morgan fingerprint density at radius 3 is 2.74 bits per heavy atom. The summed E-state index contributed by atoms with van der Waals surface area (Å²) in [7, 11) is 3.87. The first kappa shape index (κ1) is 27.3. The molecule has 9 heteroatoms. The second-order valence-electron chi connectivity index (χ2n) is 10.1. The number of nitrogens with zero attached hydrogens (tertiary/aromatic N) is 3. The second-order valence-corrected chi connectivity index (χ2v) is 11.1. The minimum Gasteiger partial charge on any atom is -0.489 e. The number of hydrogen-bond acceptors (Lipinski definition) is 7. The van der Waals surface area contributed by atoms with E-state index in [0.29, 0.717) is 45.7 Å². The first-order valence-electron chi connectivity index (χ1n) is 13.5. The second kappa shape index (κ2) is 11.9. The van der Waals surface area contributed by atoms with Crippen LogP contribution >= 0.6 is 11.3 Å². The van der Waals surface area contributed by atoms with E-state index in [4.69, 9.17) is 9.47 Å². The molecule has 0 saturated carbocycles. The molecule has 39 heavy (non-hydrogen) atoms. The van der Waals surface area contributed by atoms with Gasteiger partial charge >= 0.3 is 0 Å². The normalized spacial score (nSPS) is 17.6. The van der Waals surface area contributed by atoms with E-state index < -0.39 is 0 Å². The summed E-state index contributed by atoms with van der Waals surface area (Å²) in [6.45, 7) is 4.66. The number of benzene rings is 1. The number of pyridine rings is 1. The number of Topliss-reactive ketones (excluding diaryl/α,β-unsaturated/α-hetero) is 1. The maximum Gasteiger partial charge on any atom is 0.267 e. The van der Waals surface area contributed by atoms with E-state index in [9.17, 15) is 14.4 Å². The predicted molar refractivity (Wildman–Crippen MR) is 155 cm³/mol. The van der Waals surface area contributed by atoms with Gasteiger partial charge in [-0.15, -0.1) is 11.3 Å². The van der Waals surface area contributed by atoms with Crippen molar-refractivity contribution in [2.45, 2.75) is 38.8 Å². The molecule has 1 aliphatic heterocycles. The van der Waals surface area contributed by atoms with Crippen LogP contribution in [0.2, 0.25) is 0 Å². The van der Waals surface area contributed by atoms with Crippen LogP contribution in [0.4, 0.5) is 0 Å². The average molecular weight is 550 g/mol. The van der Waals surface area contributed by atoms with E-state index in [1.54, 1.807) is 4.90 Å². The molecule has 1 amide bonds. The minimum atomic E-state index is -0.325. The molecule has 1 saturated heterocycles. The molecule has 0 bridgehead atoms. The number of rotatable bonds is 10. The highest BCUT2D eigenvalue weighted by Crippen LogP contribution is 2.40. The summed E-state index contributed by atoms with van der Waals surface area (Å²) in [4.78, 5) is 45.6. The van der Waals surface area contributed by atoms with E-state index in [2.05, 4.69) is 11.9 Å². The topological polar surface area (TPSA) is 81.1 Å². The molecule has 0 spiro atoms. The largest absolute Gasteiger partial charge is 0.489 e. The highest BCUT2D eigenvalue weighted by Gasteiger charge is 2.32. The number of hydrogen-bond donors (Lipinski definition) is 0. The fraction of sp³-hybridized carbons (Fsp3) is 0.433. The molecule has 1 aromatic carbocycles. The van der Waals surface area contributed by atoms with Gasteiger partial charge in [0.25, 0.3) is 11.5 Å². The Balaban J connectivity index is 1.64. The number of para-hydroxylation sites is 1. The zero-order chi connectivity index (χ0) is 27.5. The van der Waals surface area contributed by atoms with Crippen LogP contribution in [0.3, 0.4) is 0 Å². The Hall–Kier alpha value is -3.27. The monoisotopic (exact) mass is 549 g/mol. The standard InChI is InChI=1S/C30H35N3O5S/c1-4-37-16-17-38-26-25-27(39-28(26)30(36)32(3)21-14-15-31(2)18-21)22-12-8-9-13-23(22)33(29(25)35)19-24(34)20-10-6-5-7-11-20/h5-6,8-10,12-13,21H,4,7,11,14-19H2,1-3H3. The van der Waals surface area contributed by atoms with Gasteiger partial charge in [0.2, 0.25) is 0 Å². The fourth-order valence-corrected chi connectivity index (χ4v) is 6.62. The quantitative estimate of drug-likeness (QED) is 0.352. The lowest BCUT2D eigenvalue weighted by Gasteiger charge is -2.24. The van der Waals surface area contributed by atoms with Crippen LogP contribution < -0.4 is 10.3 Å². The molecular weight excluding hydrogens is 514 g/mol. The van der Waals surface area contributed by atoms with Crippen molar-refractivity contribution >= 4 is 44.0 Å². The lowest BCUT2D eigenvalue weighted by atomic mass is 10.0. The van der Waals surface area contributed by atoms with Crippen molar-refractivity contribution in [3.8, 4) is 5.75 Å². The van der Waals surface area contributed by atoms with Crippen LogP contribution in [-0.4, -0.2) is 79.1 Å². The summed E-state index contributed by atoms with van der Waals surface area (Å²) in [5.41, 5.74) is 1.06. The number of likely N-dealkylation sites (N-methyl/N-ethyl adjacent to an activating group) is 2. The third-order valence-corrected chi connectivity index (χ3v) is 8.74. The SMILES string of the molecule is CCOCCOc1c(C(=O)N(C)C2CCN(C)C2)sc2c1c(=O)n(CC(=O)C1=CC=CCC1)c1ccccc21. The van der Waals surface area contributed by atoms with E-state index in [-0.39, 0.29) is 42.2 Å². The third-order valence-electron chi connectivity index (χ3n) is 7.54. The molecule has 0 radical (unpaired) electrons. The van der Waals surface area contributed by atoms with Gasteiger partial charge in [-0.3, -0.25) is 19.0 Å². The summed E-state index contributed by atoms with van der Waals surface area (Å²) in [5, 5.41) is 1.17. The summed E-state index contributed by atoms with van der Waals surface area (Å²) in [5.74, 6) is 0.0456. The number of ether oxygens (including phenoxy) is 2. The summed E-state index contributed by atoms with van der Waals surface area (Å²) >= 11 is 1.29. The first-order chi connectivity index (χ1) is 18.9. The van der Waals surface area contributed by atoms with Crippen molar-refractivity contribution < 1.29 is 19.1 Å². The van der Waals surface area contributed by atoms with E-state index in [1.165, 1.54) is 15.9 Å². The Morgan fingerprint density at radius 2 is 2.03 bits per heavy atom. The van der Waals surface area contributed by atoms with Gasteiger partial charge in [-0.25, -0.2) is 0 Å². The first-order valence-corrected chi connectivity index (χ1v) is 14.4. The van der Waals surface area contributed by atoms with Crippen molar-refractivity contribution in [3.63, 3.8) is 0 Å².